The topological polar surface area (TPSA) is 42.0 Å². The third kappa shape index (κ3) is 4.73. The number of aromatic nitrogens is 1. The molecule has 0 spiro atoms. The van der Waals surface area contributed by atoms with E-state index in [0.29, 0.717) is 17.4 Å². The van der Waals surface area contributed by atoms with E-state index in [-0.39, 0.29) is 11.9 Å². The van der Waals surface area contributed by atoms with Crippen LogP contribution in [0.5, 0.6) is 0 Å². The van der Waals surface area contributed by atoms with Gasteiger partial charge in [-0.3, -0.25) is 9.78 Å². The van der Waals surface area contributed by atoms with E-state index in [1.54, 1.807) is 18.5 Å². The number of rotatable bonds is 8. The van der Waals surface area contributed by atoms with E-state index in [0.717, 1.165) is 0 Å². The van der Waals surface area contributed by atoms with Gasteiger partial charge in [-0.25, -0.2) is 0 Å². The molecule has 0 radical (unpaired) electrons. The smallest absolute Gasteiger partial charge is 0.253 e. The summed E-state index contributed by atoms with van der Waals surface area (Å²) in [7, 11) is 0. The largest absolute Gasteiger partial charge is 0.345 e. The van der Waals surface area contributed by atoms with Crippen LogP contribution in [0.1, 0.15) is 54.6 Å². The molecule has 3 atom stereocenters. The maximum absolute atomic E-state index is 12.8. The van der Waals surface area contributed by atoms with E-state index in [1.165, 1.54) is 42.4 Å². The Hall–Kier alpha value is -2.94. The normalized spacial score (nSPS) is 18.8. The summed E-state index contributed by atoms with van der Waals surface area (Å²) in [5.74, 6) is 1.18. The van der Waals surface area contributed by atoms with Crippen LogP contribution in [0.15, 0.2) is 79.1 Å². The third-order valence-electron chi connectivity index (χ3n) is 5.92. The molecule has 29 heavy (non-hydrogen) atoms. The first-order chi connectivity index (χ1) is 14.3. The summed E-state index contributed by atoms with van der Waals surface area (Å²) >= 11 is 0. The lowest BCUT2D eigenvalue weighted by Gasteiger charge is -2.20. The molecule has 1 aliphatic rings. The predicted octanol–water partition coefficient (Wildman–Crippen LogP) is 6.05. The van der Waals surface area contributed by atoms with Crippen LogP contribution in [0.3, 0.4) is 0 Å². The van der Waals surface area contributed by atoms with Crippen molar-refractivity contribution < 1.29 is 4.79 Å². The van der Waals surface area contributed by atoms with Crippen molar-refractivity contribution in [2.75, 3.05) is 0 Å². The van der Waals surface area contributed by atoms with Crippen molar-refractivity contribution in [3.63, 3.8) is 0 Å². The number of hydrogen-bond acceptors (Lipinski definition) is 2. The minimum absolute atomic E-state index is 0.0450. The minimum Gasteiger partial charge on any atom is -0.345 e. The Morgan fingerprint density at radius 1 is 1.03 bits per heavy atom. The Morgan fingerprint density at radius 3 is 2.48 bits per heavy atom. The molecule has 2 aromatic carbocycles. The van der Waals surface area contributed by atoms with Crippen molar-refractivity contribution in [2.45, 2.75) is 38.6 Å². The van der Waals surface area contributed by atoms with E-state index in [2.05, 4.69) is 65.8 Å². The highest BCUT2D eigenvalue weighted by atomic mass is 16.1. The lowest BCUT2D eigenvalue weighted by molar-refractivity contribution is 0.0930. The molecule has 3 aromatic rings. The molecule has 148 valence electrons. The van der Waals surface area contributed by atoms with Crippen molar-refractivity contribution in [3.05, 3.63) is 90.3 Å². The van der Waals surface area contributed by atoms with Crippen LogP contribution < -0.4 is 5.32 Å². The zero-order valence-corrected chi connectivity index (χ0v) is 16.9. The fourth-order valence-corrected chi connectivity index (χ4v) is 4.15. The summed E-state index contributed by atoms with van der Waals surface area (Å²) < 4.78 is 0. The molecular formula is C26H28N2O. The highest BCUT2D eigenvalue weighted by Gasteiger charge is 2.43. The molecule has 0 bridgehead atoms. The number of nitrogens with zero attached hydrogens (tertiary/aromatic N) is 1. The van der Waals surface area contributed by atoms with Crippen molar-refractivity contribution >= 4 is 5.91 Å². The highest BCUT2D eigenvalue weighted by Crippen LogP contribution is 2.50. The van der Waals surface area contributed by atoms with Crippen molar-refractivity contribution in [3.8, 4) is 11.1 Å². The first-order valence-corrected chi connectivity index (χ1v) is 10.6. The number of hydrogen-bond donors (Lipinski definition) is 1. The Bertz CT molecular complexity index is 922. The summed E-state index contributed by atoms with van der Waals surface area (Å²) in [6.07, 6.45) is 8.25. The van der Waals surface area contributed by atoms with E-state index < -0.39 is 0 Å². The number of amides is 1. The summed E-state index contributed by atoms with van der Waals surface area (Å²) in [5, 5.41) is 3.30. The lowest BCUT2D eigenvalue weighted by atomic mass is 9.96. The van der Waals surface area contributed by atoms with Crippen LogP contribution >= 0.6 is 0 Å². The van der Waals surface area contributed by atoms with Gasteiger partial charge in [0.1, 0.15) is 0 Å². The number of nitrogens with one attached hydrogen (secondary N) is 1. The first-order valence-electron chi connectivity index (χ1n) is 10.6. The fraction of sp³-hybridized carbons (Fsp3) is 0.308. The van der Waals surface area contributed by atoms with E-state index in [9.17, 15) is 4.79 Å². The molecule has 1 amide bonds. The Kier molecular flexibility index (Phi) is 6.04. The van der Waals surface area contributed by atoms with Crippen LogP contribution in [0, 0.1) is 11.8 Å². The average molecular weight is 385 g/mol. The number of unbranched alkanes of at least 4 members (excludes halogenated alkanes) is 1. The van der Waals surface area contributed by atoms with E-state index in [4.69, 9.17) is 0 Å². The molecule has 1 aromatic heterocycles. The van der Waals surface area contributed by atoms with E-state index in [1.807, 2.05) is 12.1 Å². The van der Waals surface area contributed by atoms with Gasteiger partial charge in [0.05, 0.1) is 11.6 Å². The van der Waals surface area contributed by atoms with Crippen LogP contribution in [0.4, 0.5) is 0 Å². The van der Waals surface area contributed by atoms with Gasteiger partial charge in [0.2, 0.25) is 0 Å². The zero-order chi connectivity index (χ0) is 20.1. The van der Waals surface area contributed by atoms with Gasteiger partial charge < -0.3 is 5.32 Å². The van der Waals surface area contributed by atoms with Gasteiger partial charge in [0, 0.05) is 12.4 Å². The van der Waals surface area contributed by atoms with Crippen LogP contribution in [-0.4, -0.2) is 10.9 Å². The number of carbonyl (C=O) groups is 1. The quantitative estimate of drug-likeness (QED) is 0.514. The molecule has 4 rings (SSSR count). The molecule has 0 saturated heterocycles. The number of pyridine rings is 1. The number of benzene rings is 2. The van der Waals surface area contributed by atoms with Crippen LogP contribution in [-0.2, 0) is 0 Å². The zero-order valence-electron chi connectivity index (χ0n) is 16.9. The molecular weight excluding hydrogens is 356 g/mol. The maximum atomic E-state index is 12.8. The summed E-state index contributed by atoms with van der Waals surface area (Å²) in [5.41, 5.74) is 4.21. The maximum Gasteiger partial charge on any atom is 0.253 e. The van der Waals surface area contributed by atoms with Crippen molar-refractivity contribution in [1.82, 2.24) is 10.3 Å². The fourth-order valence-electron chi connectivity index (χ4n) is 4.15. The average Bonchev–Trinajstić information content (AvgIpc) is 3.56. The second-order valence-corrected chi connectivity index (χ2v) is 7.98. The minimum atomic E-state index is -0.0450. The van der Waals surface area contributed by atoms with Crippen LogP contribution in [0.2, 0.25) is 0 Å². The molecule has 1 N–H and O–H groups in total. The van der Waals surface area contributed by atoms with Gasteiger partial charge in [0.25, 0.3) is 5.91 Å². The Morgan fingerprint density at radius 2 is 1.79 bits per heavy atom. The summed E-state index contributed by atoms with van der Waals surface area (Å²) in [6, 6.07) is 22.7. The standard InChI is InChI=1S/C26H28N2O/c1-2-3-8-22-17-24(22)25(28-26(29)23-11-7-16-27-18-23)21-14-12-20(13-15-21)19-9-5-4-6-10-19/h4-7,9-16,18,22,24-25H,2-3,8,17H2,1H3,(H,28,29)/t22-,24+,25?/m1/s1. The van der Waals surface area contributed by atoms with E-state index >= 15 is 0 Å². The molecule has 1 aliphatic carbocycles. The van der Waals surface area contributed by atoms with Crippen molar-refractivity contribution in [1.29, 1.82) is 0 Å². The van der Waals surface area contributed by atoms with Gasteiger partial charge >= 0.3 is 0 Å². The Balaban J connectivity index is 1.54. The Labute approximate surface area is 173 Å². The van der Waals surface area contributed by atoms with Gasteiger partial charge in [0.15, 0.2) is 0 Å². The second-order valence-electron chi connectivity index (χ2n) is 7.98. The molecule has 1 saturated carbocycles. The first kappa shape index (κ1) is 19.4. The molecule has 1 fully saturated rings. The SMILES string of the molecule is CCCC[C@@H]1C[C@@H]1C(NC(=O)c1cccnc1)c1ccc(-c2ccccc2)cc1. The molecule has 3 nitrogen and oxygen atoms in total. The molecule has 0 aliphatic heterocycles. The second kappa shape index (κ2) is 9.04. The van der Waals surface area contributed by atoms with Gasteiger partial charge in [-0.15, -0.1) is 0 Å². The molecule has 3 heteroatoms. The van der Waals surface area contributed by atoms with Gasteiger partial charge in [-0.1, -0.05) is 80.8 Å². The highest BCUT2D eigenvalue weighted by molar-refractivity contribution is 5.94. The van der Waals surface area contributed by atoms with Gasteiger partial charge in [-0.2, -0.15) is 0 Å². The summed E-state index contributed by atoms with van der Waals surface area (Å²) in [6.45, 7) is 2.24. The third-order valence-corrected chi connectivity index (χ3v) is 5.92. The summed E-state index contributed by atoms with van der Waals surface area (Å²) in [4.78, 5) is 16.9. The molecule has 1 heterocycles. The van der Waals surface area contributed by atoms with Crippen molar-refractivity contribution in [2.24, 2.45) is 11.8 Å². The molecule has 1 unspecified atom stereocenters. The lowest BCUT2D eigenvalue weighted by Crippen LogP contribution is -2.30. The predicted molar refractivity (Wildman–Crippen MR) is 117 cm³/mol. The van der Waals surface area contributed by atoms with Gasteiger partial charge in [-0.05, 0) is 47.1 Å². The number of carbonyl (C=O) groups excluding carboxylic acids is 1. The van der Waals surface area contributed by atoms with Crippen LogP contribution in [0.25, 0.3) is 11.1 Å². The monoisotopic (exact) mass is 384 g/mol.